The molecule has 0 amide bonds. The highest BCUT2D eigenvalue weighted by atomic mass is 32.1. The standard InChI is InChI=1S/C14H23N5S/c1-10(2)15-6-12-16-9-19(18-12)7-13-17-11(8-20-13)14(3,4)5/h8-10,15H,6-7H2,1-5H3. The Hall–Kier alpha value is -1.27. The predicted molar refractivity (Wildman–Crippen MR) is 81.9 cm³/mol. The second kappa shape index (κ2) is 6.01. The highest BCUT2D eigenvalue weighted by Gasteiger charge is 2.17. The van der Waals surface area contributed by atoms with Gasteiger partial charge in [0.15, 0.2) is 5.82 Å². The van der Waals surface area contributed by atoms with Gasteiger partial charge >= 0.3 is 0 Å². The smallest absolute Gasteiger partial charge is 0.164 e. The van der Waals surface area contributed by atoms with Crippen LogP contribution in [0.1, 0.15) is 51.1 Å². The third-order valence-electron chi connectivity index (χ3n) is 2.87. The fourth-order valence-corrected chi connectivity index (χ4v) is 2.66. The van der Waals surface area contributed by atoms with Crippen LogP contribution in [0.4, 0.5) is 0 Å². The molecule has 0 spiro atoms. The molecule has 2 heterocycles. The molecule has 0 aliphatic heterocycles. The summed E-state index contributed by atoms with van der Waals surface area (Å²) in [4.78, 5) is 8.98. The van der Waals surface area contributed by atoms with Crippen molar-refractivity contribution in [2.75, 3.05) is 0 Å². The van der Waals surface area contributed by atoms with E-state index in [2.05, 4.69) is 60.4 Å². The maximum absolute atomic E-state index is 4.67. The molecule has 110 valence electrons. The molecule has 20 heavy (non-hydrogen) atoms. The quantitative estimate of drug-likeness (QED) is 0.920. The average molecular weight is 293 g/mol. The molecule has 6 heteroatoms. The largest absolute Gasteiger partial charge is 0.308 e. The van der Waals surface area contributed by atoms with Crippen molar-refractivity contribution in [2.24, 2.45) is 0 Å². The second-order valence-corrected chi connectivity index (χ2v) is 7.21. The van der Waals surface area contributed by atoms with Gasteiger partial charge < -0.3 is 5.32 Å². The number of thiazole rings is 1. The van der Waals surface area contributed by atoms with E-state index in [1.165, 1.54) is 0 Å². The number of rotatable bonds is 5. The van der Waals surface area contributed by atoms with Gasteiger partial charge in [-0.05, 0) is 0 Å². The summed E-state index contributed by atoms with van der Waals surface area (Å²) in [5, 5.41) is 11.0. The van der Waals surface area contributed by atoms with Crippen LogP contribution in [0.5, 0.6) is 0 Å². The van der Waals surface area contributed by atoms with Gasteiger partial charge in [0.05, 0.1) is 18.8 Å². The van der Waals surface area contributed by atoms with Gasteiger partial charge in [0, 0.05) is 16.8 Å². The zero-order valence-corrected chi connectivity index (χ0v) is 13.7. The van der Waals surface area contributed by atoms with Crippen LogP contribution in [0, 0.1) is 0 Å². The van der Waals surface area contributed by atoms with E-state index >= 15 is 0 Å². The minimum atomic E-state index is 0.101. The highest BCUT2D eigenvalue weighted by Crippen LogP contribution is 2.24. The topological polar surface area (TPSA) is 55.6 Å². The maximum Gasteiger partial charge on any atom is 0.164 e. The van der Waals surface area contributed by atoms with Crippen molar-refractivity contribution in [3.63, 3.8) is 0 Å². The SMILES string of the molecule is CC(C)NCc1ncn(Cc2nc(C(C)(C)C)cs2)n1. The lowest BCUT2D eigenvalue weighted by atomic mass is 9.93. The van der Waals surface area contributed by atoms with Crippen LogP contribution in [-0.2, 0) is 18.5 Å². The molecule has 0 aromatic carbocycles. The summed E-state index contributed by atoms with van der Waals surface area (Å²) in [5.41, 5.74) is 1.24. The Labute approximate surface area is 124 Å². The summed E-state index contributed by atoms with van der Waals surface area (Å²) in [7, 11) is 0. The minimum absolute atomic E-state index is 0.101. The third-order valence-corrected chi connectivity index (χ3v) is 3.70. The molecule has 0 saturated heterocycles. The number of nitrogens with one attached hydrogen (secondary N) is 1. The normalized spacial score (nSPS) is 12.3. The van der Waals surface area contributed by atoms with Crippen LogP contribution < -0.4 is 5.32 Å². The van der Waals surface area contributed by atoms with E-state index in [0.29, 0.717) is 19.1 Å². The summed E-state index contributed by atoms with van der Waals surface area (Å²) in [5.74, 6) is 0.825. The van der Waals surface area contributed by atoms with Crippen LogP contribution in [0.25, 0.3) is 0 Å². The van der Waals surface area contributed by atoms with Gasteiger partial charge in [0.25, 0.3) is 0 Å². The second-order valence-electron chi connectivity index (χ2n) is 6.27. The Kier molecular flexibility index (Phi) is 4.55. The number of aromatic nitrogens is 4. The van der Waals surface area contributed by atoms with E-state index in [1.807, 2.05) is 4.68 Å². The van der Waals surface area contributed by atoms with E-state index in [9.17, 15) is 0 Å². The van der Waals surface area contributed by atoms with E-state index < -0.39 is 0 Å². The van der Waals surface area contributed by atoms with E-state index in [-0.39, 0.29) is 5.41 Å². The monoisotopic (exact) mass is 293 g/mol. The lowest BCUT2D eigenvalue weighted by Gasteiger charge is -2.14. The van der Waals surface area contributed by atoms with E-state index in [1.54, 1.807) is 17.7 Å². The summed E-state index contributed by atoms with van der Waals surface area (Å²) in [6.07, 6.45) is 1.77. The van der Waals surface area contributed by atoms with Crippen LogP contribution in [0.15, 0.2) is 11.7 Å². The predicted octanol–water partition coefficient (Wildman–Crippen LogP) is 2.58. The molecule has 0 bridgehead atoms. The zero-order valence-electron chi connectivity index (χ0n) is 12.8. The molecule has 2 rings (SSSR count). The Morgan fingerprint density at radius 1 is 1.35 bits per heavy atom. The molecule has 0 aliphatic carbocycles. The van der Waals surface area contributed by atoms with E-state index in [4.69, 9.17) is 0 Å². The Bertz CT molecular complexity index is 550. The van der Waals surface area contributed by atoms with Crippen molar-refractivity contribution in [3.8, 4) is 0 Å². The molecule has 0 atom stereocenters. The van der Waals surface area contributed by atoms with Gasteiger partial charge in [0.2, 0.25) is 0 Å². The molecule has 0 radical (unpaired) electrons. The molecule has 5 nitrogen and oxygen atoms in total. The van der Waals surface area contributed by atoms with Crippen molar-refractivity contribution in [2.45, 2.75) is 59.2 Å². The first-order chi connectivity index (χ1) is 9.34. The average Bonchev–Trinajstić information content (AvgIpc) is 2.95. The molecular weight excluding hydrogens is 270 g/mol. The molecule has 0 aliphatic rings. The van der Waals surface area contributed by atoms with Gasteiger partial charge in [-0.1, -0.05) is 34.6 Å². The van der Waals surface area contributed by atoms with Gasteiger partial charge in [-0.15, -0.1) is 11.3 Å². The van der Waals surface area contributed by atoms with Gasteiger partial charge in [-0.25, -0.2) is 14.6 Å². The molecular formula is C14H23N5S. The minimum Gasteiger partial charge on any atom is -0.308 e. The molecule has 0 fully saturated rings. The number of hydrogen-bond donors (Lipinski definition) is 1. The summed E-state index contributed by atoms with van der Waals surface area (Å²) < 4.78 is 1.85. The lowest BCUT2D eigenvalue weighted by Crippen LogP contribution is -2.22. The van der Waals surface area contributed by atoms with Crippen LogP contribution in [0.3, 0.4) is 0 Å². The number of nitrogens with zero attached hydrogens (tertiary/aromatic N) is 4. The van der Waals surface area contributed by atoms with Crippen LogP contribution in [0.2, 0.25) is 0 Å². The fraction of sp³-hybridized carbons (Fsp3) is 0.643. The van der Waals surface area contributed by atoms with Gasteiger partial charge in [0.1, 0.15) is 11.3 Å². The molecule has 0 unspecified atom stereocenters. The molecule has 2 aromatic heterocycles. The first kappa shape index (κ1) is 15.1. The fourth-order valence-electron chi connectivity index (χ4n) is 1.65. The van der Waals surface area contributed by atoms with Gasteiger partial charge in [-0.3, -0.25) is 0 Å². The first-order valence-electron chi connectivity index (χ1n) is 6.91. The Balaban J connectivity index is 1.98. The highest BCUT2D eigenvalue weighted by molar-refractivity contribution is 7.09. The molecule has 2 aromatic rings. The van der Waals surface area contributed by atoms with E-state index in [0.717, 1.165) is 16.5 Å². The zero-order chi connectivity index (χ0) is 14.8. The van der Waals surface area contributed by atoms with Gasteiger partial charge in [-0.2, -0.15) is 5.10 Å². The maximum atomic E-state index is 4.67. The Morgan fingerprint density at radius 3 is 2.70 bits per heavy atom. The third kappa shape index (κ3) is 4.11. The van der Waals surface area contributed by atoms with Crippen molar-refractivity contribution in [3.05, 3.63) is 28.2 Å². The van der Waals surface area contributed by atoms with Crippen molar-refractivity contribution >= 4 is 11.3 Å². The Morgan fingerprint density at radius 2 is 2.10 bits per heavy atom. The first-order valence-corrected chi connectivity index (χ1v) is 7.79. The molecule has 0 saturated carbocycles. The van der Waals surface area contributed by atoms with Crippen molar-refractivity contribution < 1.29 is 0 Å². The van der Waals surface area contributed by atoms with Crippen molar-refractivity contribution in [1.29, 1.82) is 0 Å². The summed E-state index contributed by atoms with van der Waals surface area (Å²) >= 11 is 1.68. The summed E-state index contributed by atoms with van der Waals surface area (Å²) in [6.45, 7) is 12.2. The van der Waals surface area contributed by atoms with Crippen molar-refractivity contribution in [1.82, 2.24) is 25.1 Å². The molecule has 1 N–H and O–H groups in total. The van der Waals surface area contributed by atoms with Crippen LogP contribution in [-0.4, -0.2) is 25.8 Å². The lowest BCUT2D eigenvalue weighted by molar-refractivity contribution is 0.560. The summed E-state index contributed by atoms with van der Waals surface area (Å²) in [6, 6.07) is 0.440. The number of hydrogen-bond acceptors (Lipinski definition) is 5. The van der Waals surface area contributed by atoms with Crippen LogP contribution >= 0.6 is 11.3 Å².